The number of hydrogen-bond acceptors (Lipinski definition) is 1. The van der Waals surface area contributed by atoms with E-state index in [1.54, 1.807) is 0 Å². The second-order valence-electron chi connectivity index (χ2n) is 3.53. The molecule has 1 unspecified atom stereocenters. The predicted molar refractivity (Wildman–Crippen MR) is 53.9 cm³/mol. The maximum absolute atomic E-state index is 2.29. The van der Waals surface area contributed by atoms with Crippen molar-refractivity contribution in [2.45, 2.75) is 33.2 Å². The fourth-order valence-corrected chi connectivity index (χ4v) is 1.91. The Balaban J connectivity index is 2.87. The summed E-state index contributed by atoms with van der Waals surface area (Å²) in [6.07, 6.45) is 7.87. The molecule has 0 aromatic rings. The zero-order chi connectivity index (χ0) is 9.14. The first-order chi connectivity index (χ1) is 5.70. The minimum absolute atomic E-state index is 0.645. The third kappa shape index (κ3) is 1.55. The highest BCUT2D eigenvalue weighted by atomic mass is 15.1. The Bertz CT molecular complexity index is 203. The molecule has 2 atom stereocenters. The van der Waals surface area contributed by atoms with Crippen LogP contribution in [-0.2, 0) is 0 Å². The summed E-state index contributed by atoms with van der Waals surface area (Å²) < 4.78 is 0. The first-order valence-electron chi connectivity index (χ1n) is 4.77. The quantitative estimate of drug-likeness (QED) is 0.577. The van der Waals surface area contributed by atoms with E-state index >= 15 is 0 Å². The highest BCUT2D eigenvalue weighted by Crippen LogP contribution is 2.27. The molecule has 1 rings (SSSR count). The molecule has 1 heteroatoms. The van der Waals surface area contributed by atoms with Crippen LogP contribution < -0.4 is 0 Å². The van der Waals surface area contributed by atoms with E-state index in [4.69, 9.17) is 0 Å². The fourth-order valence-electron chi connectivity index (χ4n) is 1.91. The van der Waals surface area contributed by atoms with E-state index in [1.165, 1.54) is 12.0 Å². The number of rotatable bonds is 1. The van der Waals surface area contributed by atoms with E-state index in [0.717, 1.165) is 0 Å². The molecular formula is C11H19N. The normalized spacial score (nSPS) is 33.0. The number of hydrogen-bond donors (Lipinski definition) is 0. The molecule has 12 heavy (non-hydrogen) atoms. The Morgan fingerprint density at radius 2 is 2.25 bits per heavy atom. The first-order valence-corrected chi connectivity index (χ1v) is 4.77. The molecule has 1 aliphatic heterocycles. The van der Waals surface area contributed by atoms with E-state index in [1.807, 2.05) is 0 Å². The van der Waals surface area contributed by atoms with Crippen LogP contribution in [0.4, 0.5) is 0 Å². The van der Waals surface area contributed by atoms with Crippen molar-refractivity contribution < 1.29 is 0 Å². The van der Waals surface area contributed by atoms with Crippen LogP contribution in [0.5, 0.6) is 0 Å². The third-order valence-corrected chi connectivity index (χ3v) is 2.93. The van der Waals surface area contributed by atoms with Gasteiger partial charge in [-0.3, -0.25) is 0 Å². The zero-order valence-electron chi connectivity index (χ0n) is 8.54. The summed E-state index contributed by atoms with van der Waals surface area (Å²) in [5.41, 5.74) is 1.49. The molecule has 0 saturated carbocycles. The molecule has 0 aromatic heterocycles. The molecule has 0 saturated heterocycles. The van der Waals surface area contributed by atoms with Gasteiger partial charge in [-0.25, -0.2) is 0 Å². The molecule has 0 aliphatic carbocycles. The van der Waals surface area contributed by atoms with Crippen LogP contribution in [0.1, 0.15) is 27.2 Å². The zero-order valence-corrected chi connectivity index (χ0v) is 8.54. The summed E-state index contributed by atoms with van der Waals surface area (Å²) in [6.45, 7) is 6.68. The minimum Gasteiger partial charge on any atom is -0.377 e. The number of nitrogens with zero attached hydrogens (tertiary/aromatic N) is 1. The molecule has 0 radical (unpaired) electrons. The molecule has 0 fully saturated rings. The van der Waals surface area contributed by atoms with Gasteiger partial charge < -0.3 is 4.90 Å². The summed E-state index contributed by atoms with van der Waals surface area (Å²) in [7, 11) is 2.15. The van der Waals surface area contributed by atoms with Crippen LogP contribution in [0.15, 0.2) is 23.9 Å². The van der Waals surface area contributed by atoms with Gasteiger partial charge in [-0.2, -0.15) is 0 Å². The molecule has 0 spiro atoms. The average molecular weight is 165 g/mol. The highest BCUT2D eigenvalue weighted by Gasteiger charge is 2.23. The molecule has 0 amide bonds. The monoisotopic (exact) mass is 165 g/mol. The van der Waals surface area contributed by atoms with Gasteiger partial charge in [0.15, 0.2) is 0 Å². The summed E-state index contributed by atoms with van der Waals surface area (Å²) in [4.78, 5) is 2.29. The van der Waals surface area contributed by atoms with Crippen molar-refractivity contribution in [1.29, 1.82) is 0 Å². The van der Waals surface area contributed by atoms with Crippen molar-refractivity contribution in [3.63, 3.8) is 0 Å². The lowest BCUT2D eigenvalue weighted by atomic mass is 9.86. The molecule has 0 bridgehead atoms. The van der Waals surface area contributed by atoms with Gasteiger partial charge in [0.25, 0.3) is 0 Å². The van der Waals surface area contributed by atoms with Crippen LogP contribution in [-0.4, -0.2) is 18.0 Å². The summed E-state index contributed by atoms with van der Waals surface area (Å²) in [5.74, 6) is 0.713. The Kier molecular flexibility index (Phi) is 2.96. The number of allylic oxidation sites excluding steroid dienone is 2. The van der Waals surface area contributed by atoms with Gasteiger partial charge in [0.1, 0.15) is 0 Å². The molecule has 1 aliphatic rings. The van der Waals surface area contributed by atoms with Gasteiger partial charge in [-0.15, -0.1) is 0 Å². The van der Waals surface area contributed by atoms with Gasteiger partial charge in [0.2, 0.25) is 0 Å². The maximum Gasteiger partial charge on any atom is 0.0321 e. The molecular weight excluding hydrogens is 146 g/mol. The van der Waals surface area contributed by atoms with Crippen LogP contribution in [0.2, 0.25) is 0 Å². The Labute approximate surface area is 75.8 Å². The maximum atomic E-state index is 2.29. The van der Waals surface area contributed by atoms with Gasteiger partial charge in [0.05, 0.1) is 0 Å². The minimum atomic E-state index is 0.645. The van der Waals surface area contributed by atoms with E-state index in [0.29, 0.717) is 12.0 Å². The third-order valence-electron chi connectivity index (χ3n) is 2.93. The molecule has 1 nitrogen and oxygen atoms in total. The lowest BCUT2D eigenvalue weighted by Gasteiger charge is -2.35. The van der Waals surface area contributed by atoms with Gasteiger partial charge in [0, 0.05) is 19.0 Å². The predicted octanol–water partition coefficient (Wildman–Crippen LogP) is 2.81. The fraction of sp³-hybridized carbons (Fsp3) is 0.636. The van der Waals surface area contributed by atoms with Gasteiger partial charge in [-0.1, -0.05) is 13.0 Å². The second kappa shape index (κ2) is 3.79. The summed E-state index contributed by atoms with van der Waals surface area (Å²) >= 11 is 0. The van der Waals surface area contributed by atoms with Gasteiger partial charge in [-0.05, 0) is 38.1 Å². The highest BCUT2D eigenvalue weighted by molar-refractivity contribution is 5.25. The van der Waals surface area contributed by atoms with Crippen LogP contribution in [0.3, 0.4) is 0 Å². The van der Waals surface area contributed by atoms with Crippen molar-refractivity contribution in [2.75, 3.05) is 7.05 Å². The van der Waals surface area contributed by atoms with Crippen molar-refractivity contribution in [3.05, 3.63) is 23.9 Å². The average Bonchev–Trinajstić information content (AvgIpc) is 2.09. The van der Waals surface area contributed by atoms with E-state index in [-0.39, 0.29) is 0 Å². The van der Waals surface area contributed by atoms with Crippen LogP contribution in [0, 0.1) is 5.92 Å². The Morgan fingerprint density at radius 1 is 1.58 bits per heavy atom. The smallest absolute Gasteiger partial charge is 0.0321 e. The SMILES string of the molecule is C/C=C1/C=CN(C)[C@H](C)C1CC. The second-order valence-corrected chi connectivity index (χ2v) is 3.53. The lowest BCUT2D eigenvalue weighted by molar-refractivity contribution is 0.263. The Hall–Kier alpha value is -0.720. The largest absolute Gasteiger partial charge is 0.377 e. The molecule has 68 valence electrons. The standard InChI is InChI=1S/C11H19N/c1-5-10-7-8-12(4)9(3)11(10)6-2/h5,7-9,11H,6H2,1-4H3/b10-5-/t9-,11?/m1/s1. The first kappa shape index (κ1) is 9.37. The van der Waals surface area contributed by atoms with Crippen molar-refractivity contribution in [1.82, 2.24) is 4.90 Å². The summed E-state index contributed by atoms with van der Waals surface area (Å²) in [6, 6.07) is 0.645. The Morgan fingerprint density at radius 3 is 2.75 bits per heavy atom. The summed E-state index contributed by atoms with van der Waals surface area (Å²) in [5, 5.41) is 0. The lowest BCUT2D eigenvalue weighted by Crippen LogP contribution is -2.35. The van der Waals surface area contributed by atoms with Crippen molar-refractivity contribution in [3.8, 4) is 0 Å². The molecule has 1 heterocycles. The van der Waals surface area contributed by atoms with Crippen molar-refractivity contribution in [2.24, 2.45) is 5.92 Å². The van der Waals surface area contributed by atoms with E-state index < -0.39 is 0 Å². The molecule has 0 N–H and O–H groups in total. The van der Waals surface area contributed by atoms with Crippen molar-refractivity contribution >= 4 is 0 Å². The van der Waals surface area contributed by atoms with E-state index in [9.17, 15) is 0 Å². The van der Waals surface area contributed by atoms with Crippen LogP contribution in [0.25, 0.3) is 0 Å². The topological polar surface area (TPSA) is 3.24 Å². The van der Waals surface area contributed by atoms with Gasteiger partial charge >= 0.3 is 0 Å². The van der Waals surface area contributed by atoms with E-state index in [2.05, 4.69) is 51.1 Å². The van der Waals surface area contributed by atoms with Crippen LogP contribution >= 0.6 is 0 Å². The molecule has 0 aromatic carbocycles.